The van der Waals surface area contributed by atoms with Crippen LogP contribution in [0.4, 0.5) is 0 Å². The number of aromatic nitrogens is 2. The fraction of sp³-hybridized carbons (Fsp3) is 0.107. The molecule has 0 aliphatic heterocycles. The van der Waals surface area contributed by atoms with Crippen LogP contribution in [0.2, 0.25) is 0 Å². The molecule has 3 nitrogen and oxygen atoms in total. The van der Waals surface area contributed by atoms with Gasteiger partial charge in [-0.25, -0.2) is 4.98 Å². The van der Waals surface area contributed by atoms with Crippen LogP contribution in [0.15, 0.2) is 115 Å². The second-order valence-corrected chi connectivity index (χ2v) is 8.83. The minimum absolute atomic E-state index is 0.626. The summed E-state index contributed by atoms with van der Waals surface area (Å²) < 4.78 is 2.13. The predicted molar refractivity (Wildman–Crippen MR) is 130 cm³/mol. The van der Waals surface area contributed by atoms with E-state index in [0.717, 1.165) is 27.1 Å². The lowest BCUT2D eigenvalue weighted by Gasteiger charge is -2.37. The zero-order valence-electron chi connectivity index (χ0n) is 17.8. The van der Waals surface area contributed by atoms with Crippen molar-refractivity contribution in [1.82, 2.24) is 9.55 Å². The molecule has 3 aromatic carbocycles. The first-order chi connectivity index (χ1) is 15.7. The molecule has 0 saturated carbocycles. The van der Waals surface area contributed by atoms with Gasteiger partial charge in [-0.3, -0.25) is 0 Å². The van der Waals surface area contributed by atoms with Crippen molar-refractivity contribution in [2.75, 3.05) is 0 Å². The Morgan fingerprint density at radius 2 is 1.28 bits per heavy atom. The molecule has 0 aliphatic carbocycles. The number of aryl methyl sites for hydroxylation is 1. The largest absolute Gasteiger partial charge is 0.381 e. The zero-order valence-corrected chi connectivity index (χ0v) is 18.6. The molecule has 5 aromatic rings. The molecular formula is C28H24N2OS. The van der Waals surface area contributed by atoms with Gasteiger partial charge in [0.15, 0.2) is 0 Å². The Bertz CT molecular complexity index is 1200. The Kier molecular flexibility index (Phi) is 5.48. The van der Waals surface area contributed by atoms with Crippen LogP contribution in [-0.2, 0) is 5.54 Å². The quantitative estimate of drug-likeness (QED) is 0.323. The topological polar surface area (TPSA) is 38.0 Å². The van der Waals surface area contributed by atoms with Crippen LogP contribution in [0, 0.1) is 6.92 Å². The summed E-state index contributed by atoms with van der Waals surface area (Å²) >= 11 is 1.56. The van der Waals surface area contributed by atoms with E-state index >= 15 is 0 Å². The number of hydrogen-bond acceptors (Lipinski definition) is 3. The van der Waals surface area contributed by atoms with Gasteiger partial charge >= 0.3 is 0 Å². The number of benzene rings is 3. The highest BCUT2D eigenvalue weighted by Crippen LogP contribution is 2.41. The first-order valence-corrected chi connectivity index (χ1v) is 11.5. The molecule has 4 heteroatoms. The molecule has 0 aliphatic rings. The van der Waals surface area contributed by atoms with Gasteiger partial charge in [-0.05, 0) is 40.6 Å². The predicted octanol–water partition coefficient (Wildman–Crippen LogP) is 6.17. The summed E-state index contributed by atoms with van der Waals surface area (Å²) in [7, 11) is 0. The normalized spacial score (nSPS) is 12.6. The third-order valence-corrected chi connectivity index (χ3v) is 7.07. The van der Waals surface area contributed by atoms with E-state index < -0.39 is 11.6 Å². The lowest BCUT2D eigenvalue weighted by molar-refractivity contribution is 0.219. The van der Waals surface area contributed by atoms with Crippen molar-refractivity contribution in [2.24, 2.45) is 0 Å². The lowest BCUT2D eigenvalue weighted by Crippen LogP contribution is -2.37. The maximum Gasteiger partial charge on any atom is 0.132 e. The molecule has 2 heterocycles. The summed E-state index contributed by atoms with van der Waals surface area (Å²) in [4.78, 5) is 5.61. The molecule has 0 spiro atoms. The van der Waals surface area contributed by atoms with Gasteiger partial charge in [0.2, 0.25) is 0 Å². The Morgan fingerprint density at radius 1 is 0.781 bits per heavy atom. The third-order valence-electron chi connectivity index (χ3n) is 5.99. The van der Waals surface area contributed by atoms with E-state index in [1.165, 1.54) is 0 Å². The van der Waals surface area contributed by atoms with E-state index in [1.807, 2.05) is 49.1 Å². The molecule has 2 aromatic heterocycles. The second kappa shape index (κ2) is 8.58. The van der Waals surface area contributed by atoms with Gasteiger partial charge in [0.1, 0.15) is 11.6 Å². The molecule has 5 rings (SSSR count). The maximum absolute atomic E-state index is 11.1. The van der Waals surface area contributed by atoms with Crippen LogP contribution in [0.5, 0.6) is 0 Å². The Labute approximate surface area is 192 Å². The third kappa shape index (κ3) is 3.38. The summed E-state index contributed by atoms with van der Waals surface area (Å²) in [5, 5.41) is 13.1. The average molecular weight is 437 g/mol. The summed E-state index contributed by atoms with van der Waals surface area (Å²) in [6, 6.07) is 33.5. The summed E-state index contributed by atoms with van der Waals surface area (Å²) in [5.41, 5.74) is 4.48. The number of aliphatic hydroxyl groups is 1. The van der Waals surface area contributed by atoms with Crippen molar-refractivity contribution in [1.29, 1.82) is 0 Å². The van der Waals surface area contributed by atoms with E-state index in [-0.39, 0.29) is 0 Å². The van der Waals surface area contributed by atoms with Crippen LogP contribution in [-0.4, -0.2) is 14.7 Å². The highest BCUT2D eigenvalue weighted by Gasteiger charge is 2.38. The van der Waals surface area contributed by atoms with Crippen molar-refractivity contribution >= 4 is 11.3 Å². The second-order valence-electron chi connectivity index (χ2n) is 7.88. The van der Waals surface area contributed by atoms with E-state index in [1.54, 1.807) is 11.3 Å². The summed E-state index contributed by atoms with van der Waals surface area (Å²) in [5.74, 6) is 0. The van der Waals surface area contributed by atoms with Crippen molar-refractivity contribution in [3.63, 3.8) is 0 Å². The van der Waals surface area contributed by atoms with Crippen molar-refractivity contribution in [3.8, 4) is 0 Å². The zero-order chi connectivity index (χ0) is 22.0. The van der Waals surface area contributed by atoms with Gasteiger partial charge < -0.3 is 9.67 Å². The monoisotopic (exact) mass is 436 g/mol. The first-order valence-electron chi connectivity index (χ1n) is 10.6. The minimum Gasteiger partial charge on any atom is -0.381 e. The number of imidazole rings is 1. The van der Waals surface area contributed by atoms with Crippen LogP contribution in [0.3, 0.4) is 0 Å². The fourth-order valence-electron chi connectivity index (χ4n) is 4.45. The van der Waals surface area contributed by atoms with Gasteiger partial charge in [0.25, 0.3) is 0 Å². The Hall–Kier alpha value is -3.47. The van der Waals surface area contributed by atoms with Gasteiger partial charge in [-0.2, -0.15) is 0 Å². The van der Waals surface area contributed by atoms with E-state index in [0.29, 0.717) is 5.69 Å². The average Bonchev–Trinajstić information content (AvgIpc) is 3.51. The highest BCUT2D eigenvalue weighted by molar-refractivity contribution is 7.10. The van der Waals surface area contributed by atoms with Crippen molar-refractivity contribution in [3.05, 3.63) is 148 Å². The Morgan fingerprint density at radius 3 is 1.72 bits per heavy atom. The lowest BCUT2D eigenvalue weighted by atomic mass is 9.77. The molecule has 0 amide bonds. The standard InChI is InChI=1S/C28H24N2OS/c1-21-17-18-32-27(21)26(31)25-19-30(20-29-25)28(22-11-5-2-6-12-22,23-13-7-3-8-14-23)24-15-9-4-10-16-24/h2-20,26,31H,1H3. The van der Waals surface area contributed by atoms with Gasteiger partial charge in [0.05, 0.1) is 12.0 Å². The van der Waals surface area contributed by atoms with E-state index in [9.17, 15) is 5.11 Å². The fourth-order valence-corrected chi connectivity index (χ4v) is 5.37. The highest BCUT2D eigenvalue weighted by atomic mass is 32.1. The number of rotatable bonds is 6. The smallest absolute Gasteiger partial charge is 0.132 e. The molecule has 32 heavy (non-hydrogen) atoms. The first kappa shape index (κ1) is 20.4. The molecule has 0 radical (unpaired) electrons. The van der Waals surface area contributed by atoms with Gasteiger partial charge in [0, 0.05) is 11.1 Å². The molecule has 158 valence electrons. The van der Waals surface area contributed by atoms with Crippen LogP contribution in [0.1, 0.15) is 38.9 Å². The SMILES string of the molecule is Cc1ccsc1C(O)c1cn(C(c2ccccc2)(c2ccccc2)c2ccccc2)cn1. The van der Waals surface area contributed by atoms with Gasteiger partial charge in [-0.1, -0.05) is 91.0 Å². The van der Waals surface area contributed by atoms with Crippen LogP contribution < -0.4 is 0 Å². The minimum atomic E-state index is -0.753. The molecule has 0 bridgehead atoms. The number of hydrogen-bond donors (Lipinski definition) is 1. The maximum atomic E-state index is 11.1. The van der Waals surface area contributed by atoms with Crippen LogP contribution in [0.25, 0.3) is 0 Å². The van der Waals surface area contributed by atoms with Gasteiger partial charge in [-0.15, -0.1) is 11.3 Å². The number of nitrogens with zero attached hydrogens (tertiary/aromatic N) is 2. The summed E-state index contributed by atoms with van der Waals surface area (Å²) in [6.45, 7) is 2.02. The molecule has 1 atom stereocenters. The van der Waals surface area contributed by atoms with Crippen molar-refractivity contribution < 1.29 is 5.11 Å². The molecule has 0 saturated heterocycles. The summed E-state index contributed by atoms with van der Waals surface area (Å²) in [6.07, 6.45) is 3.07. The number of thiophene rings is 1. The van der Waals surface area contributed by atoms with Crippen LogP contribution >= 0.6 is 11.3 Å². The number of aliphatic hydroxyl groups excluding tert-OH is 1. The molecule has 1 unspecified atom stereocenters. The molecular weight excluding hydrogens is 412 g/mol. The molecule has 1 N–H and O–H groups in total. The Balaban J connectivity index is 1.76. The van der Waals surface area contributed by atoms with E-state index in [4.69, 9.17) is 0 Å². The van der Waals surface area contributed by atoms with Crippen molar-refractivity contribution in [2.45, 2.75) is 18.6 Å². The molecule has 0 fully saturated rings. The van der Waals surface area contributed by atoms with E-state index in [2.05, 4.69) is 82.3 Å².